The zero-order valence-corrected chi connectivity index (χ0v) is 9.45. The molecular formula is C13H14O3. The second-order valence-corrected chi connectivity index (χ2v) is 3.97. The van der Waals surface area contributed by atoms with Crippen molar-refractivity contribution in [1.82, 2.24) is 0 Å². The number of Topliss-reactive ketones (excluding diaryl/α,β-unsaturated/α-hetero) is 1. The lowest BCUT2D eigenvalue weighted by Crippen LogP contribution is -2.23. The molecule has 0 spiro atoms. The van der Waals surface area contributed by atoms with Gasteiger partial charge < -0.3 is 4.74 Å². The minimum absolute atomic E-state index is 0.0999. The molecule has 16 heavy (non-hydrogen) atoms. The number of ketones is 1. The number of ether oxygens (including phenoxy) is 1. The van der Waals surface area contributed by atoms with E-state index < -0.39 is 11.9 Å². The summed E-state index contributed by atoms with van der Waals surface area (Å²) in [5.74, 6) is -1.13. The number of esters is 1. The third kappa shape index (κ3) is 1.62. The zero-order valence-electron chi connectivity index (χ0n) is 9.45. The van der Waals surface area contributed by atoms with Crippen LogP contribution in [0.15, 0.2) is 18.2 Å². The molecule has 0 radical (unpaired) electrons. The van der Waals surface area contributed by atoms with Crippen molar-refractivity contribution in [3.8, 4) is 0 Å². The van der Waals surface area contributed by atoms with Gasteiger partial charge in [-0.25, -0.2) is 0 Å². The highest BCUT2D eigenvalue weighted by atomic mass is 16.5. The number of fused-ring (bicyclic) bond motifs is 1. The monoisotopic (exact) mass is 218 g/mol. The molecule has 1 aromatic rings. The lowest BCUT2D eigenvalue weighted by molar-refractivity contribution is -0.145. The summed E-state index contributed by atoms with van der Waals surface area (Å²) >= 11 is 0. The van der Waals surface area contributed by atoms with Gasteiger partial charge in [-0.2, -0.15) is 0 Å². The molecule has 1 aliphatic carbocycles. The van der Waals surface area contributed by atoms with E-state index in [0.29, 0.717) is 18.6 Å². The van der Waals surface area contributed by atoms with Gasteiger partial charge in [-0.1, -0.05) is 18.2 Å². The molecule has 0 aliphatic heterocycles. The van der Waals surface area contributed by atoms with E-state index in [-0.39, 0.29) is 5.78 Å². The quantitative estimate of drug-likeness (QED) is 0.562. The number of benzene rings is 1. The fourth-order valence-corrected chi connectivity index (χ4v) is 2.12. The van der Waals surface area contributed by atoms with Crippen LogP contribution < -0.4 is 0 Å². The van der Waals surface area contributed by atoms with Gasteiger partial charge in [-0.15, -0.1) is 0 Å². The maximum Gasteiger partial charge on any atom is 0.317 e. The van der Waals surface area contributed by atoms with Gasteiger partial charge in [0.05, 0.1) is 6.61 Å². The molecule has 0 saturated heterocycles. The summed E-state index contributed by atoms with van der Waals surface area (Å²) in [5, 5.41) is 0. The summed E-state index contributed by atoms with van der Waals surface area (Å²) in [6.07, 6.45) is 0.486. The molecule has 0 saturated carbocycles. The Bertz CT molecular complexity index is 448. The molecule has 1 atom stereocenters. The molecular weight excluding hydrogens is 204 g/mol. The first-order valence-electron chi connectivity index (χ1n) is 5.44. The molecule has 1 aliphatic rings. The molecule has 0 bridgehead atoms. The van der Waals surface area contributed by atoms with Gasteiger partial charge in [0.25, 0.3) is 0 Å². The second kappa shape index (κ2) is 4.08. The van der Waals surface area contributed by atoms with E-state index in [2.05, 4.69) is 0 Å². The Labute approximate surface area is 94.4 Å². The second-order valence-electron chi connectivity index (χ2n) is 3.97. The van der Waals surface area contributed by atoms with Crippen molar-refractivity contribution < 1.29 is 14.3 Å². The van der Waals surface area contributed by atoms with Crippen molar-refractivity contribution in [2.45, 2.75) is 20.3 Å². The third-order valence-electron chi connectivity index (χ3n) is 2.97. The summed E-state index contributed by atoms with van der Waals surface area (Å²) in [6, 6.07) is 5.59. The summed E-state index contributed by atoms with van der Waals surface area (Å²) in [6.45, 7) is 4.02. The van der Waals surface area contributed by atoms with Crippen LogP contribution in [0.2, 0.25) is 0 Å². The smallest absolute Gasteiger partial charge is 0.317 e. The van der Waals surface area contributed by atoms with E-state index in [0.717, 1.165) is 11.1 Å². The van der Waals surface area contributed by atoms with Crippen LogP contribution in [0.4, 0.5) is 0 Å². The Morgan fingerprint density at radius 3 is 2.88 bits per heavy atom. The molecule has 1 aromatic carbocycles. The van der Waals surface area contributed by atoms with E-state index >= 15 is 0 Å². The Kier molecular flexibility index (Phi) is 2.77. The minimum atomic E-state index is -0.629. The molecule has 0 aromatic heterocycles. The number of carbonyl (C=O) groups excluding carboxylic acids is 2. The van der Waals surface area contributed by atoms with Gasteiger partial charge in [0, 0.05) is 5.56 Å². The topological polar surface area (TPSA) is 43.4 Å². The van der Waals surface area contributed by atoms with Crippen molar-refractivity contribution in [2.24, 2.45) is 5.92 Å². The maximum absolute atomic E-state index is 12.0. The van der Waals surface area contributed by atoms with Crippen molar-refractivity contribution in [3.05, 3.63) is 34.9 Å². The molecule has 1 unspecified atom stereocenters. The SMILES string of the molecule is CCOC(=O)C1Cc2c(C)cccc2C1=O. The van der Waals surface area contributed by atoms with E-state index in [1.807, 2.05) is 19.1 Å². The van der Waals surface area contributed by atoms with Crippen LogP contribution in [0.25, 0.3) is 0 Å². The maximum atomic E-state index is 12.0. The zero-order chi connectivity index (χ0) is 11.7. The van der Waals surface area contributed by atoms with Gasteiger partial charge in [0.1, 0.15) is 5.92 Å². The van der Waals surface area contributed by atoms with Gasteiger partial charge in [-0.05, 0) is 31.4 Å². The van der Waals surface area contributed by atoms with Crippen LogP contribution >= 0.6 is 0 Å². The van der Waals surface area contributed by atoms with Crippen LogP contribution in [-0.2, 0) is 16.0 Å². The van der Waals surface area contributed by atoms with Crippen LogP contribution in [-0.4, -0.2) is 18.4 Å². The van der Waals surface area contributed by atoms with Crippen LogP contribution in [0, 0.1) is 12.8 Å². The van der Waals surface area contributed by atoms with Gasteiger partial charge in [-0.3, -0.25) is 9.59 Å². The molecule has 0 fully saturated rings. The largest absolute Gasteiger partial charge is 0.465 e. The molecule has 0 N–H and O–H groups in total. The van der Waals surface area contributed by atoms with Crippen molar-refractivity contribution >= 4 is 11.8 Å². The Balaban J connectivity index is 2.31. The predicted molar refractivity (Wildman–Crippen MR) is 59.3 cm³/mol. The highest BCUT2D eigenvalue weighted by Crippen LogP contribution is 2.29. The number of rotatable bonds is 2. The van der Waals surface area contributed by atoms with Gasteiger partial charge in [0.2, 0.25) is 0 Å². The predicted octanol–water partition coefficient (Wildman–Crippen LogP) is 1.91. The van der Waals surface area contributed by atoms with E-state index in [9.17, 15) is 9.59 Å². The third-order valence-corrected chi connectivity index (χ3v) is 2.97. The summed E-state index contributed by atoms with van der Waals surface area (Å²) in [4.78, 5) is 23.6. The van der Waals surface area contributed by atoms with E-state index in [1.54, 1.807) is 13.0 Å². The van der Waals surface area contributed by atoms with Crippen LogP contribution in [0.1, 0.15) is 28.4 Å². The number of hydrogen-bond acceptors (Lipinski definition) is 3. The van der Waals surface area contributed by atoms with Crippen LogP contribution in [0.3, 0.4) is 0 Å². The van der Waals surface area contributed by atoms with Gasteiger partial charge in [0.15, 0.2) is 5.78 Å². The standard InChI is InChI=1S/C13H14O3/c1-3-16-13(15)11-7-10-8(2)5-4-6-9(10)12(11)14/h4-6,11H,3,7H2,1-2H3. The first kappa shape index (κ1) is 10.9. The van der Waals surface area contributed by atoms with E-state index in [4.69, 9.17) is 4.74 Å². The first-order chi connectivity index (χ1) is 7.65. The molecule has 0 heterocycles. The Morgan fingerprint density at radius 2 is 2.25 bits per heavy atom. The average Bonchev–Trinajstić information content (AvgIpc) is 2.59. The molecule has 3 nitrogen and oxygen atoms in total. The fourth-order valence-electron chi connectivity index (χ4n) is 2.12. The van der Waals surface area contributed by atoms with Crippen molar-refractivity contribution in [1.29, 1.82) is 0 Å². The van der Waals surface area contributed by atoms with Crippen LogP contribution in [0.5, 0.6) is 0 Å². The number of aryl methyl sites for hydroxylation is 1. The lowest BCUT2D eigenvalue weighted by Gasteiger charge is -2.06. The lowest BCUT2D eigenvalue weighted by atomic mass is 10.0. The number of carbonyl (C=O) groups is 2. The minimum Gasteiger partial charge on any atom is -0.465 e. The first-order valence-corrected chi connectivity index (χ1v) is 5.44. The molecule has 0 amide bonds. The summed E-state index contributed by atoms with van der Waals surface area (Å²) in [5.41, 5.74) is 2.74. The average molecular weight is 218 g/mol. The highest BCUT2D eigenvalue weighted by Gasteiger charge is 2.37. The molecule has 2 rings (SSSR count). The Hall–Kier alpha value is -1.64. The summed E-state index contributed by atoms with van der Waals surface area (Å²) in [7, 11) is 0. The Morgan fingerprint density at radius 1 is 1.50 bits per heavy atom. The summed E-state index contributed by atoms with van der Waals surface area (Å²) < 4.78 is 4.91. The molecule has 3 heteroatoms. The fraction of sp³-hybridized carbons (Fsp3) is 0.385. The van der Waals surface area contributed by atoms with Crippen molar-refractivity contribution in [3.63, 3.8) is 0 Å². The van der Waals surface area contributed by atoms with Crippen molar-refractivity contribution in [2.75, 3.05) is 6.61 Å². The highest BCUT2D eigenvalue weighted by molar-refractivity contribution is 6.12. The van der Waals surface area contributed by atoms with Gasteiger partial charge >= 0.3 is 5.97 Å². The van der Waals surface area contributed by atoms with E-state index in [1.165, 1.54) is 0 Å². The number of hydrogen-bond donors (Lipinski definition) is 0. The molecule has 84 valence electrons. The normalized spacial score (nSPS) is 18.4.